The van der Waals surface area contributed by atoms with E-state index in [4.69, 9.17) is 5.11 Å². The molecule has 0 amide bonds. The third-order valence-electron chi connectivity index (χ3n) is 2.42. The molecule has 1 unspecified atom stereocenters. The number of hydrogen-bond acceptors (Lipinski definition) is 4. The molecule has 0 saturated carbocycles. The van der Waals surface area contributed by atoms with Gasteiger partial charge in [-0.15, -0.1) is 0 Å². The Balaban J connectivity index is 2.65. The van der Waals surface area contributed by atoms with Crippen LogP contribution in [0.5, 0.6) is 0 Å². The minimum atomic E-state index is -3.10. The molecule has 0 spiro atoms. The molecule has 1 aliphatic heterocycles. The molecule has 13 heavy (non-hydrogen) atoms. The Morgan fingerprint density at radius 2 is 2.08 bits per heavy atom. The van der Waals surface area contributed by atoms with E-state index in [1.54, 1.807) is 0 Å². The van der Waals surface area contributed by atoms with Gasteiger partial charge in [-0.2, -0.15) is 4.31 Å². The second-order valence-corrected chi connectivity index (χ2v) is 5.42. The topological polar surface area (TPSA) is 60.9 Å². The highest BCUT2D eigenvalue weighted by atomic mass is 32.2. The fraction of sp³-hybridized carbons (Fsp3) is 1.00. The maximum absolute atomic E-state index is 11.2. The summed E-state index contributed by atoms with van der Waals surface area (Å²) in [5.41, 5.74) is 0. The maximum atomic E-state index is 11.2. The molecular weight excluding hydrogens is 192 g/mol. The highest BCUT2D eigenvalue weighted by Gasteiger charge is 2.28. The lowest BCUT2D eigenvalue weighted by Crippen LogP contribution is -2.54. The first kappa shape index (κ1) is 10.9. The zero-order valence-electron chi connectivity index (χ0n) is 7.97. The highest BCUT2D eigenvalue weighted by molar-refractivity contribution is 7.88. The van der Waals surface area contributed by atoms with Gasteiger partial charge < -0.3 is 5.11 Å². The zero-order chi connectivity index (χ0) is 10.1. The number of sulfonamides is 1. The highest BCUT2D eigenvalue weighted by Crippen LogP contribution is 2.09. The van der Waals surface area contributed by atoms with Crippen LogP contribution in [0.2, 0.25) is 0 Å². The Morgan fingerprint density at radius 3 is 2.54 bits per heavy atom. The SMILES string of the molecule is CN1CCN(S(C)(=O)=O)CC1CO. The summed E-state index contributed by atoms with van der Waals surface area (Å²) >= 11 is 0. The van der Waals surface area contributed by atoms with Crippen molar-refractivity contribution in [2.75, 3.05) is 39.5 Å². The van der Waals surface area contributed by atoms with E-state index in [0.717, 1.165) is 0 Å². The number of likely N-dealkylation sites (N-methyl/N-ethyl adjacent to an activating group) is 1. The normalized spacial score (nSPS) is 27.8. The van der Waals surface area contributed by atoms with Crippen molar-refractivity contribution in [3.05, 3.63) is 0 Å². The van der Waals surface area contributed by atoms with Crippen molar-refractivity contribution in [1.82, 2.24) is 9.21 Å². The molecule has 6 heteroatoms. The van der Waals surface area contributed by atoms with E-state index in [2.05, 4.69) is 0 Å². The molecular formula is C7H16N2O3S. The van der Waals surface area contributed by atoms with Crippen molar-refractivity contribution >= 4 is 10.0 Å². The van der Waals surface area contributed by atoms with Crippen LogP contribution in [-0.2, 0) is 10.0 Å². The first-order valence-corrected chi connectivity index (χ1v) is 6.06. The van der Waals surface area contributed by atoms with Crippen molar-refractivity contribution in [2.45, 2.75) is 6.04 Å². The summed E-state index contributed by atoms with van der Waals surface area (Å²) in [5, 5.41) is 8.98. The minimum absolute atomic E-state index is 0.00250. The lowest BCUT2D eigenvalue weighted by Gasteiger charge is -2.37. The Hall–Kier alpha value is -0.170. The molecule has 1 saturated heterocycles. The Bertz CT molecular complexity index is 265. The van der Waals surface area contributed by atoms with Gasteiger partial charge in [0.1, 0.15) is 0 Å². The fourth-order valence-electron chi connectivity index (χ4n) is 1.42. The lowest BCUT2D eigenvalue weighted by atomic mass is 10.2. The second kappa shape index (κ2) is 3.91. The van der Waals surface area contributed by atoms with E-state index < -0.39 is 10.0 Å². The lowest BCUT2D eigenvalue weighted by molar-refractivity contribution is 0.0927. The van der Waals surface area contributed by atoms with Crippen LogP contribution in [0.3, 0.4) is 0 Å². The molecule has 1 N–H and O–H groups in total. The molecule has 0 aromatic rings. The maximum Gasteiger partial charge on any atom is 0.211 e. The molecule has 5 nitrogen and oxygen atoms in total. The number of nitrogens with zero attached hydrogens (tertiary/aromatic N) is 2. The summed E-state index contributed by atoms with van der Waals surface area (Å²) in [6.07, 6.45) is 1.20. The van der Waals surface area contributed by atoms with Crippen molar-refractivity contribution in [2.24, 2.45) is 0 Å². The number of aliphatic hydroxyl groups excluding tert-OH is 1. The van der Waals surface area contributed by atoms with Crippen molar-refractivity contribution in [3.63, 3.8) is 0 Å². The van der Waals surface area contributed by atoms with Crippen molar-refractivity contribution in [1.29, 1.82) is 0 Å². The van der Waals surface area contributed by atoms with Gasteiger partial charge in [0.15, 0.2) is 0 Å². The quantitative estimate of drug-likeness (QED) is 0.603. The Kier molecular flexibility index (Phi) is 3.28. The van der Waals surface area contributed by atoms with E-state index in [1.807, 2.05) is 11.9 Å². The summed E-state index contributed by atoms with van der Waals surface area (Å²) in [5.74, 6) is 0. The summed E-state index contributed by atoms with van der Waals surface area (Å²) < 4.78 is 23.8. The van der Waals surface area contributed by atoms with Gasteiger partial charge in [-0.25, -0.2) is 8.42 Å². The minimum Gasteiger partial charge on any atom is -0.395 e. The third-order valence-corrected chi connectivity index (χ3v) is 3.69. The van der Waals surface area contributed by atoms with E-state index in [9.17, 15) is 8.42 Å². The molecule has 0 bridgehead atoms. The van der Waals surface area contributed by atoms with Gasteiger partial charge in [-0.1, -0.05) is 0 Å². The first-order valence-electron chi connectivity index (χ1n) is 4.21. The smallest absolute Gasteiger partial charge is 0.211 e. The molecule has 1 heterocycles. The fourth-order valence-corrected chi connectivity index (χ4v) is 2.27. The Morgan fingerprint density at radius 1 is 1.46 bits per heavy atom. The Labute approximate surface area is 79.0 Å². The number of hydrogen-bond donors (Lipinski definition) is 1. The molecule has 0 aromatic heterocycles. The van der Waals surface area contributed by atoms with Crippen LogP contribution in [0.15, 0.2) is 0 Å². The third kappa shape index (κ3) is 2.63. The number of rotatable bonds is 2. The predicted molar refractivity (Wildman–Crippen MR) is 49.9 cm³/mol. The zero-order valence-corrected chi connectivity index (χ0v) is 8.79. The van der Waals surface area contributed by atoms with E-state index in [0.29, 0.717) is 19.6 Å². The van der Waals surface area contributed by atoms with Gasteiger partial charge in [-0.05, 0) is 7.05 Å². The predicted octanol–water partition coefficient (Wildman–Crippen LogP) is -1.45. The van der Waals surface area contributed by atoms with Crippen LogP contribution in [0, 0.1) is 0 Å². The number of aliphatic hydroxyl groups is 1. The summed E-state index contributed by atoms with van der Waals surface area (Å²) in [6.45, 7) is 1.60. The van der Waals surface area contributed by atoms with Crippen LogP contribution in [0.1, 0.15) is 0 Å². The first-order chi connectivity index (χ1) is 5.95. The largest absolute Gasteiger partial charge is 0.395 e. The van der Waals surface area contributed by atoms with Crippen LogP contribution in [0.4, 0.5) is 0 Å². The van der Waals surface area contributed by atoms with Gasteiger partial charge >= 0.3 is 0 Å². The average molecular weight is 208 g/mol. The molecule has 1 atom stereocenters. The average Bonchev–Trinajstić information content (AvgIpc) is 2.03. The van der Waals surface area contributed by atoms with Crippen LogP contribution in [0.25, 0.3) is 0 Å². The van der Waals surface area contributed by atoms with Gasteiger partial charge in [-0.3, -0.25) is 4.90 Å². The monoisotopic (exact) mass is 208 g/mol. The molecule has 0 aromatic carbocycles. The van der Waals surface area contributed by atoms with Crippen LogP contribution < -0.4 is 0 Å². The molecule has 1 aliphatic rings. The van der Waals surface area contributed by atoms with Gasteiger partial charge in [0, 0.05) is 25.7 Å². The van der Waals surface area contributed by atoms with E-state index in [-0.39, 0.29) is 12.6 Å². The molecule has 1 fully saturated rings. The van der Waals surface area contributed by atoms with E-state index in [1.165, 1.54) is 10.6 Å². The van der Waals surface area contributed by atoms with Gasteiger partial charge in [0.2, 0.25) is 10.0 Å². The molecule has 0 aliphatic carbocycles. The summed E-state index contributed by atoms with van der Waals surface area (Å²) in [7, 11) is -1.21. The molecule has 78 valence electrons. The van der Waals surface area contributed by atoms with Crippen LogP contribution in [-0.4, -0.2) is 68.3 Å². The van der Waals surface area contributed by atoms with Gasteiger partial charge in [0.25, 0.3) is 0 Å². The van der Waals surface area contributed by atoms with Gasteiger partial charge in [0.05, 0.1) is 12.9 Å². The van der Waals surface area contributed by atoms with Crippen LogP contribution >= 0.6 is 0 Å². The van der Waals surface area contributed by atoms with Crippen molar-refractivity contribution < 1.29 is 13.5 Å². The second-order valence-electron chi connectivity index (χ2n) is 3.44. The molecule has 1 rings (SSSR count). The summed E-state index contributed by atoms with van der Waals surface area (Å²) in [6, 6.07) is -0.0662. The standard InChI is InChI=1S/C7H16N2O3S/c1-8-3-4-9(13(2,11)12)5-7(8)6-10/h7,10H,3-6H2,1-2H3. The summed E-state index contributed by atoms with van der Waals surface area (Å²) in [4.78, 5) is 1.97. The number of piperazine rings is 1. The molecule has 0 radical (unpaired) electrons. The van der Waals surface area contributed by atoms with Crippen molar-refractivity contribution in [3.8, 4) is 0 Å². The van der Waals surface area contributed by atoms with E-state index >= 15 is 0 Å².